The fraction of sp³-hybridized carbons (Fsp3) is 1.00. The molecule has 0 radical (unpaired) electrons. The van der Waals surface area contributed by atoms with Crippen molar-refractivity contribution in [2.24, 2.45) is 0 Å². The topological polar surface area (TPSA) is 15.3 Å². The summed E-state index contributed by atoms with van der Waals surface area (Å²) in [5.74, 6) is 0. The molecule has 76 valence electrons. The summed E-state index contributed by atoms with van der Waals surface area (Å²) in [7, 11) is 0. The summed E-state index contributed by atoms with van der Waals surface area (Å²) in [5, 5.41) is 3.61. The van der Waals surface area contributed by atoms with E-state index >= 15 is 0 Å². The standard InChI is InChI=1S/C11H22N2/c1-10(2)12-9-11-5-3-7-13(11)8-4-6-11/h10,12H,3-9H2,1-2H3. The van der Waals surface area contributed by atoms with Crippen molar-refractivity contribution in [1.82, 2.24) is 10.2 Å². The van der Waals surface area contributed by atoms with Crippen LogP contribution >= 0.6 is 0 Å². The number of fused-ring (bicyclic) bond motifs is 1. The first-order valence-corrected chi connectivity index (χ1v) is 5.71. The van der Waals surface area contributed by atoms with E-state index in [4.69, 9.17) is 0 Å². The van der Waals surface area contributed by atoms with Crippen LogP contribution in [0.4, 0.5) is 0 Å². The van der Waals surface area contributed by atoms with Crippen molar-refractivity contribution in [3.8, 4) is 0 Å². The predicted octanol–water partition coefficient (Wildman–Crippen LogP) is 1.61. The summed E-state index contributed by atoms with van der Waals surface area (Å²) >= 11 is 0. The molecular weight excluding hydrogens is 160 g/mol. The van der Waals surface area contributed by atoms with Crippen LogP contribution in [0.3, 0.4) is 0 Å². The summed E-state index contributed by atoms with van der Waals surface area (Å²) in [4.78, 5) is 2.71. The summed E-state index contributed by atoms with van der Waals surface area (Å²) in [6, 6.07) is 0.637. The molecule has 0 atom stereocenters. The highest BCUT2D eigenvalue weighted by Crippen LogP contribution is 2.38. The third-order valence-electron chi connectivity index (χ3n) is 3.65. The number of hydrogen-bond donors (Lipinski definition) is 1. The fourth-order valence-electron chi connectivity index (χ4n) is 2.91. The van der Waals surface area contributed by atoms with Gasteiger partial charge in [0.05, 0.1) is 0 Å². The Bertz CT molecular complexity index is 167. The Labute approximate surface area is 81.7 Å². The molecule has 2 saturated heterocycles. The van der Waals surface area contributed by atoms with Gasteiger partial charge in [-0.2, -0.15) is 0 Å². The lowest BCUT2D eigenvalue weighted by Gasteiger charge is -2.33. The molecule has 2 fully saturated rings. The number of rotatable bonds is 3. The molecule has 0 aromatic rings. The first kappa shape index (κ1) is 9.47. The minimum atomic E-state index is 0.560. The van der Waals surface area contributed by atoms with Crippen LogP contribution in [0.1, 0.15) is 39.5 Å². The van der Waals surface area contributed by atoms with Crippen LogP contribution in [0, 0.1) is 0 Å². The monoisotopic (exact) mass is 182 g/mol. The summed E-state index contributed by atoms with van der Waals surface area (Å²) in [6.45, 7) is 8.39. The van der Waals surface area contributed by atoms with Gasteiger partial charge >= 0.3 is 0 Å². The average molecular weight is 182 g/mol. The second kappa shape index (κ2) is 3.58. The van der Waals surface area contributed by atoms with E-state index in [1.807, 2.05) is 0 Å². The molecule has 0 aromatic carbocycles. The third-order valence-corrected chi connectivity index (χ3v) is 3.65. The molecule has 0 unspecified atom stereocenters. The molecule has 0 aromatic heterocycles. The number of hydrogen-bond acceptors (Lipinski definition) is 2. The van der Waals surface area contributed by atoms with Crippen molar-refractivity contribution in [2.45, 2.75) is 51.1 Å². The molecule has 2 heterocycles. The van der Waals surface area contributed by atoms with Crippen molar-refractivity contribution in [3.63, 3.8) is 0 Å². The molecule has 2 heteroatoms. The Morgan fingerprint density at radius 2 is 1.85 bits per heavy atom. The fourth-order valence-corrected chi connectivity index (χ4v) is 2.91. The smallest absolute Gasteiger partial charge is 0.0335 e. The SMILES string of the molecule is CC(C)NCC12CCCN1CCC2. The van der Waals surface area contributed by atoms with E-state index in [1.165, 1.54) is 45.3 Å². The minimum Gasteiger partial charge on any atom is -0.313 e. The normalized spacial score (nSPS) is 27.0. The summed E-state index contributed by atoms with van der Waals surface area (Å²) < 4.78 is 0. The maximum absolute atomic E-state index is 3.61. The average Bonchev–Trinajstić information content (AvgIpc) is 2.57. The molecule has 13 heavy (non-hydrogen) atoms. The Morgan fingerprint density at radius 3 is 2.38 bits per heavy atom. The zero-order valence-electron chi connectivity index (χ0n) is 8.97. The summed E-state index contributed by atoms with van der Waals surface area (Å²) in [5.41, 5.74) is 0.560. The lowest BCUT2D eigenvalue weighted by Crippen LogP contribution is -2.48. The Balaban J connectivity index is 1.93. The Kier molecular flexibility index (Phi) is 2.61. The Morgan fingerprint density at radius 1 is 1.23 bits per heavy atom. The predicted molar refractivity (Wildman–Crippen MR) is 55.9 cm³/mol. The van der Waals surface area contributed by atoms with E-state index < -0.39 is 0 Å². The maximum atomic E-state index is 3.61. The van der Waals surface area contributed by atoms with Crippen molar-refractivity contribution < 1.29 is 0 Å². The molecule has 2 aliphatic rings. The molecule has 2 aliphatic heterocycles. The van der Waals surface area contributed by atoms with Crippen LogP contribution in [-0.4, -0.2) is 36.1 Å². The van der Waals surface area contributed by atoms with Gasteiger partial charge in [0.2, 0.25) is 0 Å². The third kappa shape index (κ3) is 1.75. The van der Waals surface area contributed by atoms with Gasteiger partial charge in [0, 0.05) is 18.1 Å². The van der Waals surface area contributed by atoms with Crippen molar-refractivity contribution in [1.29, 1.82) is 0 Å². The van der Waals surface area contributed by atoms with Gasteiger partial charge in [-0.05, 0) is 38.8 Å². The van der Waals surface area contributed by atoms with Gasteiger partial charge in [-0.25, -0.2) is 0 Å². The molecule has 1 N–H and O–H groups in total. The molecule has 0 bridgehead atoms. The van der Waals surface area contributed by atoms with Crippen molar-refractivity contribution in [3.05, 3.63) is 0 Å². The van der Waals surface area contributed by atoms with E-state index in [0.717, 1.165) is 0 Å². The van der Waals surface area contributed by atoms with Crippen LogP contribution in [0.25, 0.3) is 0 Å². The van der Waals surface area contributed by atoms with Gasteiger partial charge in [-0.3, -0.25) is 4.90 Å². The van der Waals surface area contributed by atoms with Gasteiger partial charge in [-0.15, -0.1) is 0 Å². The molecule has 2 rings (SSSR count). The quantitative estimate of drug-likeness (QED) is 0.713. The second-order valence-corrected chi connectivity index (χ2v) is 4.95. The van der Waals surface area contributed by atoms with Gasteiger partial charge < -0.3 is 5.32 Å². The van der Waals surface area contributed by atoms with Gasteiger partial charge in [0.1, 0.15) is 0 Å². The molecule has 0 spiro atoms. The highest BCUT2D eigenvalue weighted by molar-refractivity contribution is 5.01. The largest absolute Gasteiger partial charge is 0.313 e. The second-order valence-electron chi connectivity index (χ2n) is 4.95. The van der Waals surface area contributed by atoms with Crippen LogP contribution in [0.2, 0.25) is 0 Å². The van der Waals surface area contributed by atoms with Gasteiger partial charge in [-0.1, -0.05) is 13.8 Å². The van der Waals surface area contributed by atoms with E-state index in [-0.39, 0.29) is 0 Å². The minimum absolute atomic E-state index is 0.560. The highest BCUT2D eigenvalue weighted by Gasteiger charge is 2.43. The number of nitrogens with one attached hydrogen (secondary N) is 1. The molecular formula is C11H22N2. The molecule has 0 aliphatic carbocycles. The Hall–Kier alpha value is -0.0800. The maximum Gasteiger partial charge on any atom is 0.0335 e. The zero-order valence-corrected chi connectivity index (χ0v) is 8.97. The molecule has 0 saturated carbocycles. The first-order valence-electron chi connectivity index (χ1n) is 5.71. The van der Waals surface area contributed by atoms with Crippen LogP contribution in [0.5, 0.6) is 0 Å². The van der Waals surface area contributed by atoms with E-state index in [2.05, 4.69) is 24.1 Å². The van der Waals surface area contributed by atoms with Crippen molar-refractivity contribution in [2.75, 3.05) is 19.6 Å². The van der Waals surface area contributed by atoms with Crippen LogP contribution in [-0.2, 0) is 0 Å². The lowest BCUT2D eigenvalue weighted by molar-refractivity contribution is 0.186. The molecule has 2 nitrogen and oxygen atoms in total. The number of nitrogens with zero attached hydrogens (tertiary/aromatic N) is 1. The van der Waals surface area contributed by atoms with Crippen molar-refractivity contribution >= 4 is 0 Å². The van der Waals surface area contributed by atoms with Crippen LogP contribution < -0.4 is 5.32 Å². The lowest BCUT2D eigenvalue weighted by atomic mass is 9.94. The highest BCUT2D eigenvalue weighted by atomic mass is 15.3. The van der Waals surface area contributed by atoms with E-state index in [1.54, 1.807) is 0 Å². The zero-order chi connectivity index (χ0) is 9.31. The first-order chi connectivity index (χ1) is 6.23. The van der Waals surface area contributed by atoms with Crippen LogP contribution in [0.15, 0.2) is 0 Å². The van der Waals surface area contributed by atoms with Gasteiger partial charge in [0.15, 0.2) is 0 Å². The summed E-state index contributed by atoms with van der Waals surface area (Å²) in [6.07, 6.45) is 5.68. The van der Waals surface area contributed by atoms with E-state index in [0.29, 0.717) is 11.6 Å². The molecule has 0 amide bonds. The van der Waals surface area contributed by atoms with E-state index in [9.17, 15) is 0 Å². The van der Waals surface area contributed by atoms with Gasteiger partial charge in [0.25, 0.3) is 0 Å².